The van der Waals surface area contributed by atoms with Gasteiger partial charge in [-0.2, -0.15) is 0 Å². The van der Waals surface area contributed by atoms with Gasteiger partial charge >= 0.3 is 0 Å². The number of benzene rings is 2. The predicted octanol–water partition coefficient (Wildman–Crippen LogP) is 3.36. The molecule has 0 saturated carbocycles. The van der Waals surface area contributed by atoms with Crippen LogP contribution in [0.25, 0.3) is 11.1 Å². The molecule has 1 amide bonds. The lowest BCUT2D eigenvalue weighted by Gasteiger charge is -2.16. The number of hydrogen-bond acceptors (Lipinski definition) is 4. The van der Waals surface area contributed by atoms with Gasteiger partial charge in [-0.3, -0.25) is 4.79 Å². The molecule has 116 valence electrons. The van der Waals surface area contributed by atoms with Gasteiger partial charge < -0.3 is 14.1 Å². The highest BCUT2D eigenvalue weighted by molar-refractivity contribution is 5.96. The summed E-state index contributed by atoms with van der Waals surface area (Å²) < 4.78 is 11.0. The summed E-state index contributed by atoms with van der Waals surface area (Å²) in [6, 6.07) is 15.2. The largest absolute Gasteiger partial charge is 0.497 e. The van der Waals surface area contributed by atoms with Crippen LogP contribution in [0.5, 0.6) is 5.75 Å². The summed E-state index contributed by atoms with van der Waals surface area (Å²) in [5, 5.41) is 0. The van der Waals surface area contributed by atoms with Gasteiger partial charge in [-0.15, -0.1) is 0 Å². The van der Waals surface area contributed by atoms with Gasteiger partial charge in [-0.05, 0) is 36.4 Å². The highest BCUT2D eigenvalue weighted by Crippen LogP contribution is 2.33. The third kappa shape index (κ3) is 2.44. The maximum absolute atomic E-state index is 12.4. The molecule has 3 aromatic rings. The van der Waals surface area contributed by atoms with Crippen molar-refractivity contribution in [1.82, 2.24) is 4.98 Å². The number of methoxy groups -OCH3 is 1. The van der Waals surface area contributed by atoms with E-state index >= 15 is 0 Å². The molecule has 4 rings (SSSR count). The first kappa shape index (κ1) is 13.8. The lowest BCUT2D eigenvalue weighted by atomic mass is 10.1. The smallest absolute Gasteiger partial charge is 0.227 e. The maximum Gasteiger partial charge on any atom is 0.227 e. The minimum absolute atomic E-state index is 0.0167. The molecule has 5 nitrogen and oxygen atoms in total. The van der Waals surface area contributed by atoms with Gasteiger partial charge in [-0.1, -0.05) is 12.1 Å². The van der Waals surface area contributed by atoms with Crippen LogP contribution >= 0.6 is 0 Å². The number of hydrogen-bond donors (Lipinski definition) is 0. The van der Waals surface area contributed by atoms with Crippen LogP contribution in [0.4, 0.5) is 5.69 Å². The van der Waals surface area contributed by atoms with Gasteiger partial charge in [0.05, 0.1) is 13.0 Å². The molecule has 1 atom stereocenters. The molecule has 0 bridgehead atoms. The standard InChI is InChI=1S/C18H16N2O3/c1-22-14-8-6-13(7-9-14)20-11-12(10-17(20)21)18-19-15-4-2-3-5-16(15)23-18/h2-9,12H,10-11H2,1H3. The van der Waals surface area contributed by atoms with Gasteiger partial charge in [0.15, 0.2) is 5.58 Å². The molecule has 0 aliphatic carbocycles. The van der Waals surface area contributed by atoms with Crippen molar-refractivity contribution < 1.29 is 13.9 Å². The number of aromatic nitrogens is 1. The number of ether oxygens (including phenoxy) is 1. The molecule has 1 aliphatic rings. The lowest BCUT2D eigenvalue weighted by molar-refractivity contribution is -0.117. The summed E-state index contributed by atoms with van der Waals surface area (Å²) in [5.41, 5.74) is 2.46. The predicted molar refractivity (Wildman–Crippen MR) is 86.7 cm³/mol. The Morgan fingerprint density at radius 1 is 1.17 bits per heavy atom. The average Bonchev–Trinajstić information content (AvgIpc) is 3.18. The minimum atomic E-state index is -0.0167. The Labute approximate surface area is 133 Å². The molecular weight excluding hydrogens is 292 g/mol. The Morgan fingerprint density at radius 3 is 2.70 bits per heavy atom. The fourth-order valence-electron chi connectivity index (χ4n) is 2.95. The van der Waals surface area contributed by atoms with Crippen molar-refractivity contribution in [2.45, 2.75) is 12.3 Å². The van der Waals surface area contributed by atoms with Crippen molar-refractivity contribution in [2.24, 2.45) is 0 Å². The molecule has 0 radical (unpaired) electrons. The second-order valence-electron chi connectivity index (χ2n) is 5.62. The zero-order valence-corrected chi connectivity index (χ0v) is 12.7. The molecule has 1 fully saturated rings. The average molecular weight is 308 g/mol. The highest BCUT2D eigenvalue weighted by Gasteiger charge is 2.34. The monoisotopic (exact) mass is 308 g/mol. The van der Waals surface area contributed by atoms with E-state index in [0.29, 0.717) is 18.9 Å². The number of carbonyl (C=O) groups excluding carboxylic acids is 1. The fraction of sp³-hybridized carbons (Fsp3) is 0.222. The summed E-state index contributed by atoms with van der Waals surface area (Å²) in [5.74, 6) is 1.48. The second kappa shape index (κ2) is 5.43. The minimum Gasteiger partial charge on any atom is -0.497 e. The summed E-state index contributed by atoms with van der Waals surface area (Å²) in [7, 11) is 1.62. The van der Waals surface area contributed by atoms with E-state index in [-0.39, 0.29) is 11.8 Å². The van der Waals surface area contributed by atoms with E-state index in [1.165, 1.54) is 0 Å². The number of fused-ring (bicyclic) bond motifs is 1. The number of carbonyl (C=O) groups is 1. The molecule has 2 heterocycles. The van der Waals surface area contributed by atoms with Crippen LogP contribution in [0.1, 0.15) is 18.2 Å². The second-order valence-corrected chi connectivity index (χ2v) is 5.62. The van der Waals surface area contributed by atoms with Gasteiger partial charge in [-0.25, -0.2) is 4.98 Å². The van der Waals surface area contributed by atoms with Crippen LogP contribution in [0.3, 0.4) is 0 Å². The van der Waals surface area contributed by atoms with Crippen molar-refractivity contribution in [3.8, 4) is 5.75 Å². The SMILES string of the molecule is COc1ccc(N2CC(c3nc4ccccc4o3)CC2=O)cc1. The number of nitrogens with zero attached hydrogens (tertiary/aromatic N) is 2. The Hall–Kier alpha value is -2.82. The van der Waals surface area contributed by atoms with E-state index < -0.39 is 0 Å². The van der Waals surface area contributed by atoms with Crippen LogP contribution < -0.4 is 9.64 Å². The first-order chi connectivity index (χ1) is 11.2. The number of amides is 1. The molecule has 0 N–H and O–H groups in total. The summed E-state index contributed by atoms with van der Waals surface area (Å²) in [6.45, 7) is 0.581. The summed E-state index contributed by atoms with van der Waals surface area (Å²) >= 11 is 0. The molecule has 1 aromatic heterocycles. The summed E-state index contributed by atoms with van der Waals surface area (Å²) in [4.78, 5) is 18.6. The zero-order valence-electron chi connectivity index (χ0n) is 12.7. The van der Waals surface area contributed by atoms with Crippen LogP contribution in [0.2, 0.25) is 0 Å². The van der Waals surface area contributed by atoms with Crippen molar-refractivity contribution in [3.63, 3.8) is 0 Å². The maximum atomic E-state index is 12.4. The van der Waals surface area contributed by atoms with E-state index in [1.807, 2.05) is 48.5 Å². The van der Waals surface area contributed by atoms with E-state index in [1.54, 1.807) is 12.0 Å². The van der Waals surface area contributed by atoms with Gasteiger partial charge in [0, 0.05) is 18.7 Å². The van der Waals surface area contributed by atoms with Crippen molar-refractivity contribution in [1.29, 1.82) is 0 Å². The van der Waals surface area contributed by atoms with Gasteiger partial charge in [0.1, 0.15) is 11.3 Å². The third-order valence-electron chi connectivity index (χ3n) is 4.17. The van der Waals surface area contributed by atoms with Crippen LogP contribution in [-0.2, 0) is 4.79 Å². The Kier molecular flexibility index (Phi) is 3.26. The highest BCUT2D eigenvalue weighted by atomic mass is 16.5. The first-order valence-electron chi connectivity index (χ1n) is 7.54. The first-order valence-corrected chi connectivity index (χ1v) is 7.54. The van der Waals surface area contributed by atoms with Gasteiger partial charge in [0.2, 0.25) is 11.8 Å². The fourth-order valence-corrected chi connectivity index (χ4v) is 2.95. The third-order valence-corrected chi connectivity index (χ3v) is 4.17. The molecule has 1 aliphatic heterocycles. The van der Waals surface area contributed by atoms with Crippen molar-refractivity contribution in [2.75, 3.05) is 18.6 Å². The Bertz CT molecular complexity index is 821. The van der Waals surface area contributed by atoms with E-state index in [0.717, 1.165) is 22.5 Å². The van der Waals surface area contributed by atoms with Crippen LogP contribution in [0.15, 0.2) is 52.9 Å². The van der Waals surface area contributed by atoms with Crippen LogP contribution in [-0.4, -0.2) is 24.5 Å². The van der Waals surface area contributed by atoms with E-state index in [4.69, 9.17) is 9.15 Å². The zero-order chi connectivity index (χ0) is 15.8. The molecule has 1 unspecified atom stereocenters. The Morgan fingerprint density at radius 2 is 1.96 bits per heavy atom. The molecule has 23 heavy (non-hydrogen) atoms. The quantitative estimate of drug-likeness (QED) is 0.744. The van der Waals surface area contributed by atoms with Gasteiger partial charge in [0.25, 0.3) is 0 Å². The number of para-hydroxylation sites is 2. The molecule has 2 aromatic carbocycles. The lowest BCUT2D eigenvalue weighted by Crippen LogP contribution is -2.24. The molecule has 5 heteroatoms. The normalized spacial score (nSPS) is 17.9. The number of anilines is 1. The van der Waals surface area contributed by atoms with E-state index in [2.05, 4.69) is 4.98 Å². The number of oxazole rings is 1. The van der Waals surface area contributed by atoms with Crippen molar-refractivity contribution >= 4 is 22.7 Å². The Balaban J connectivity index is 1.59. The number of rotatable bonds is 3. The molecule has 1 saturated heterocycles. The molecule has 0 spiro atoms. The summed E-state index contributed by atoms with van der Waals surface area (Å²) in [6.07, 6.45) is 0.416. The van der Waals surface area contributed by atoms with Crippen LogP contribution in [0, 0.1) is 0 Å². The topological polar surface area (TPSA) is 55.6 Å². The molecular formula is C18H16N2O3. The van der Waals surface area contributed by atoms with E-state index in [9.17, 15) is 4.79 Å². The van der Waals surface area contributed by atoms with Crippen molar-refractivity contribution in [3.05, 3.63) is 54.4 Å².